The summed E-state index contributed by atoms with van der Waals surface area (Å²) in [6.07, 6.45) is 3.76. The second-order valence-electron chi connectivity index (χ2n) is 8.03. The van der Waals surface area contributed by atoms with Crippen molar-refractivity contribution in [1.29, 1.82) is 0 Å². The van der Waals surface area contributed by atoms with Crippen molar-refractivity contribution in [3.63, 3.8) is 0 Å². The van der Waals surface area contributed by atoms with Crippen molar-refractivity contribution in [2.45, 2.75) is 26.3 Å². The molecule has 0 aliphatic carbocycles. The van der Waals surface area contributed by atoms with Crippen LogP contribution in [0.25, 0.3) is 0 Å². The van der Waals surface area contributed by atoms with Crippen LogP contribution in [-0.2, 0) is 11.3 Å². The third-order valence-corrected chi connectivity index (χ3v) is 5.88. The number of nitrogens with zero attached hydrogens (tertiary/aromatic N) is 4. The standard InChI is InChI=1S/C23H30N4O4/c1-2-27-11-9-20(24-27)23(29)26-10-5-6-18(16-26)17-31-21-8-4-3-7-19(21)22(28)25-12-14-30-15-13-25/h3-4,7-9,11,18H,2,5-6,10,12-17H2,1H3. The van der Waals surface area contributed by atoms with Gasteiger partial charge in [0, 0.05) is 44.8 Å². The summed E-state index contributed by atoms with van der Waals surface area (Å²) in [6.45, 7) is 6.91. The van der Waals surface area contributed by atoms with E-state index < -0.39 is 0 Å². The first-order chi connectivity index (χ1) is 15.2. The number of hydrogen-bond donors (Lipinski definition) is 0. The average Bonchev–Trinajstić information content (AvgIpc) is 3.32. The van der Waals surface area contributed by atoms with E-state index in [0.717, 1.165) is 25.9 Å². The fourth-order valence-corrected chi connectivity index (χ4v) is 4.11. The Hall–Kier alpha value is -2.87. The molecule has 0 saturated carbocycles. The Bertz CT molecular complexity index is 906. The molecule has 3 heterocycles. The van der Waals surface area contributed by atoms with Gasteiger partial charge in [-0.2, -0.15) is 5.10 Å². The molecule has 0 spiro atoms. The van der Waals surface area contributed by atoms with Crippen LogP contribution in [-0.4, -0.2) is 77.4 Å². The lowest BCUT2D eigenvalue weighted by molar-refractivity contribution is 0.0299. The van der Waals surface area contributed by atoms with Gasteiger partial charge in [0.05, 0.1) is 25.4 Å². The molecule has 0 bridgehead atoms. The Morgan fingerprint density at radius 3 is 2.68 bits per heavy atom. The third kappa shape index (κ3) is 5.07. The Labute approximate surface area is 182 Å². The maximum absolute atomic E-state index is 12.9. The van der Waals surface area contributed by atoms with E-state index in [-0.39, 0.29) is 17.7 Å². The van der Waals surface area contributed by atoms with Gasteiger partial charge in [-0.25, -0.2) is 0 Å². The summed E-state index contributed by atoms with van der Waals surface area (Å²) in [5, 5.41) is 4.34. The monoisotopic (exact) mass is 426 g/mol. The van der Waals surface area contributed by atoms with Crippen molar-refractivity contribution in [2.75, 3.05) is 46.0 Å². The van der Waals surface area contributed by atoms with Crippen LogP contribution in [0.2, 0.25) is 0 Å². The Kier molecular flexibility index (Phi) is 6.86. The predicted octanol–water partition coefficient (Wildman–Crippen LogP) is 2.31. The summed E-state index contributed by atoms with van der Waals surface area (Å²) in [6, 6.07) is 9.17. The van der Waals surface area contributed by atoms with Gasteiger partial charge in [-0.3, -0.25) is 14.3 Å². The first kappa shape index (κ1) is 21.4. The van der Waals surface area contributed by atoms with E-state index in [2.05, 4.69) is 5.10 Å². The fourth-order valence-electron chi connectivity index (χ4n) is 4.11. The quantitative estimate of drug-likeness (QED) is 0.709. The summed E-state index contributed by atoms with van der Waals surface area (Å²) in [4.78, 5) is 29.4. The summed E-state index contributed by atoms with van der Waals surface area (Å²) in [5.74, 6) is 0.771. The first-order valence-electron chi connectivity index (χ1n) is 11.1. The number of aryl methyl sites for hydroxylation is 1. The third-order valence-electron chi connectivity index (χ3n) is 5.88. The molecule has 2 aliphatic rings. The van der Waals surface area contributed by atoms with Crippen molar-refractivity contribution < 1.29 is 19.1 Å². The summed E-state index contributed by atoms with van der Waals surface area (Å²) < 4.78 is 13.2. The molecule has 166 valence electrons. The van der Waals surface area contributed by atoms with Crippen molar-refractivity contribution in [2.24, 2.45) is 5.92 Å². The molecule has 8 heteroatoms. The Morgan fingerprint density at radius 2 is 1.90 bits per heavy atom. The lowest BCUT2D eigenvalue weighted by Crippen LogP contribution is -2.42. The van der Waals surface area contributed by atoms with Crippen LogP contribution in [0.15, 0.2) is 36.5 Å². The van der Waals surface area contributed by atoms with Gasteiger partial charge in [-0.15, -0.1) is 0 Å². The van der Waals surface area contributed by atoms with Gasteiger partial charge in [-0.1, -0.05) is 12.1 Å². The highest BCUT2D eigenvalue weighted by Crippen LogP contribution is 2.24. The minimum atomic E-state index is -0.0280. The smallest absolute Gasteiger partial charge is 0.274 e. The zero-order valence-electron chi connectivity index (χ0n) is 18.0. The molecule has 2 saturated heterocycles. The molecular weight excluding hydrogens is 396 g/mol. The van der Waals surface area contributed by atoms with Crippen LogP contribution >= 0.6 is 0 Å². The molecule has 2 aromatic rings. The predicted molar refractivity (Wildman–Crippen MR) is 115 cm³/mol. The molecule has 1 aromatic heterocycles. The molecule has 0 radical (unpaired) electrons. The van der Waals surface area contributed by atoms with Crippen LogP contribution in [0.4, 0.5) is 0 Å². The van der Waals surface area contributed by atoms with Crippen LogP contribution in [0.3, 0.4) is 0 Å². The van der Waals surface area contributed by atoms with E-state index >= 15 is 0 Å². The van der Waals surface area contributed by atoms with Crippen molar-refractivity contribution in [3.8, 4) is 5.75 Å². The number of amides is 2. The van der Waals surface area contributed by atoms with E-state index in [4.69, 9.17) is 9.47 Å². The van der Waals surface area contributed by atoms with Gasteiger partial charge in [0.25, 0.3) is 11.8 Å². The van der Waals surface area contributed by atoms with Crippen LogP contribution in [0, 0.1) is 5.92 Å². The van der Waals surface area contributed by atoms with E-state index in [1.807, 2.05) is 47.2 Å². The number of aromatic nitrogens is 2. The van der Waals surface area contributed by atoms with Crippen molar-refractivity contribution in [1.82, 2.24) is 19.6 Å². The zero-order chi connectivity index (χ0) is 21.6. The molecule has 31 heavy (non-hydrogen) atoms. The minimum Gasteiger partial charge on any atom is -0.492 e. The summed E-state index contributed by atoms with van der Waals surface area (Å²) in [5.41, 5.74) is 1.07. The number of para-hydroxylation sites is 1. The lowest BCUT2D eigenvalue weighted by Gasteiger charge is -2.32. The average molecular weight is 427 g/mol. The molecule has 1 aromatic carbocycles. The SMILES string of the molecule is CCn1ccc(C(=O)N2CCCC(COc3ccccc3C(=O)N3CCOCC3)C2)n1. The Morgan fingerprint density at radius 1 is 1.10 bits per heavy atom. The summed E-state index contributed by atoms with van der Waals surface area (Å²) >= 11 is 0. The van der Waals surface area contributed by atoms with E-state index in [1.165, 1.54) is 0 Å². The largest absolute Gasteiger partial charge is 0.492 e. The first-order valence-corrected chi connectivity index (χ1v) is 11.1. The molecule has 0 N–H and O–H groups in total. The fraction of sp³-hybridized carbons (Fsp3) is 0.522. The van der Waals surface area contributed by atoms with Gasteiger partial charge in [-0.05, 0) is 38.0 Å². The lowest BCUT2D eigenvalue weighted by atomic mass is 9.98. The number of hydrogen-bond acceptors (Lipinski definition) is 5. The highest BCUT2D eigenvalue weighted by molar-refractivity contribution is 5.97. The maximum Gasteiger partial charge on any atom is 0.274 e. The molecule has 2 amide bonds. The topological polar surface area (TPSA) is 76.9 Å². The molecule has 1 unspecified atom stereocenters. The number of carbonyl (C=O) groups excluding carboxylic acids is 2. The number of rotatable bonds is 6. The van der Waals surface area contributed by atoms with Gasteiger partial charge in [0.1, 0.15) is 11.4 Å². The van der Waals surface area contributed by atoms with Crippen LogP contribution in [0.1, 0.15) is 40.6 Å². The molecule has 4 rings (SSSR count). The van der Waals surface area contributed by atoms with E-state index in [0.29, 0.717) is 56.5 Å². The number of ether oxygens (including phenoxy) is 2. The van der Waals surface area contributed by atoms with Crippen LogP contribution in [0.5, 0.6) is 5.75 Å². The maximum atomic E-state index is 12.9. The second kappa shape index (κ2) is 9.96. The van der Waals surface area contributed by atoms with Gasteiger partial charge in [0.2, 0.25) is 0 Å². The highest BCUT2D eigenvalue weighted by atomic mass is 16.5. The number of benzene rings is 1. The van der Waals surface area contributed by atoms with Gasteiger partial charge < -0.3 is 19.3 Å². The van der Waals surface area contributed by atoms with Crippen molar-refractivity contribution in [3.05, 3.63) is 47.8 Å². The number of carbonyl (C=O) groups is 2. The normalized spacial score (nSPS) is 19.3. The van der Waals surface area contributed by atoms with E-state index in [1.54, 1.807) is 10.7 Å². The highest BCUT2D eigenvalue weighted by Gasteiger charge is 2.27. The second-order valence-corrected chi connectivity index (χ2v) is 8.03. The van der Waals surface area contributed by atoms with Gasteiger partial charge in [0.15, 0.2) is 0 Å². The number of morpholine rings is 1. The molecular formula is C23H30N4O4. The number of likely N-dealkylation sites (tertiary alicyclic amines) is 1. The molecule has 2 aliphatic heterocycles. The van der Waals surface area contributed by atoms with Crippen LogP contribution < -0.4 is 4.74 Å². The minimum absolute atomic E-state index is 0.0224. The van der Waals surface area contributed by atoms with Gasteiger partial charge >= 0.3 is 0 Å². The zero-order valence-corrected chi connectivity index (χ0v) is 18.0. The Balaban J connectivity index is 1.37. The van der Waals surface area contributed by atoms with Crippen molar-refractivity contribution >= 4 is 11.8 Å². The molecule has 8 nitrogen and oxygen atoms in total. The molecule has 1 atom stereocenters. The summed E-state index contributed by atoms with van der Waals surface area (Å²) in [7, 11) is 0. The van der Waals surface area contributed by atoms with E-state index in [9.17, 15) is 9.59 Å². The molecule has 2 fully saturated rings. The number of piperidine rings is 1.